The van der Waals surface area contributed by atoms with Crippen LogP contribution >= 0.6 is 0 Å². The maximum absolute atomic E-state index is 12.3. The van der Waals surface area contributed by atoms with E-state index in [9.17, 15) is 8.42 Å². The van der Waals surface area contributed by atoms with Crippen LogP contribution in [0.5, 0.6) is 0 Å². The second-order valence-corrected chi connectivity index (χ2v) is 8.34. The lowest BCUT2D eigenvalue weighted by Crippen LogP contribution is -2.29. The zero-order valence-electron chi connectivity index (χ0n) is 16.3. The van der Waals surface area contributed by atoms with Crippen molar-refractivity contribution in [1.29, 1.82) is 0 Å². The van der Waals surface area contributed by atoms with Gasteiger partial charge in [0.1, 0.15) is 24.3 Å². The van der Waals surface area contributed by atoms with Crippen molar-refractivity contribution in [2.24, 2.45) is 0 Å². The molecule has 0 aliphatic carbocycles. The van der Waals surface area contributed by atoms with Crippen LogP contribution in [0, 0.1) is 13.8 Å². The van der Waals surface area contributed by atoms with Gasteiger partial charge in [0.25, 0.3) is 10.0 Å². The highest BCUT2D eigenvalue weighted by atomic mass is 32.2. The largest absolute Gasteiger partial charge is 0.369 e. The fourth-order valence-electron chi connectivity index (χ4n) is 2.49. The standard InChI is InChI=1S/C17H24N8O2S/c1-12(2)24-8-17(22-10-24)28(26,27)23-6-5-18-15-7-16(20-9-19-15)25-11-21-13(3)14(25)4/h7-12,23H,5-6H2,1-4H3,(H,18,19,20). The number of nitrogens with one attached hydrogen (secondary N) is 2. The van der Waals surface area contributed by atoms with Gasteiger partial charge < -0.3 is 9.88 Å². The summed E-state index contributed by atoms with van der Waals surface area (Å²) < 4.78 is 30.8. The number of hydrogen-bond donors (Lipinski definition) is 2. The van der Waals surface area contributed by atoms with Gasteiger partial charge in [-0.2, -0.15) is 0 Å². The molecule has 0 saturated heterocycles. The van der Waals surface area contributed by atoms with Gasteiger partial charge in [0, 0.05) is 37.1 Å². The van der Waals surface area contributed by atoms with E-state index in [2.05, 4.69) is 30.0 Å². The summed E-state index contributed by atoms with van der Waals surface area (Å²) in [6, 6.07) is 1.93. The van der Waals surface area contributed by atoms with Crippen LogP contribution in [0.25, 0.3) is 5.82 Å². The monoisotopic (exact) mass is 404 g/mol. The first-order valence-electron chi connectivity index (χ1n) is 8.88. The Labute approximate surface area is 164 Å². The van der Waals surface area contributed by atoms with Gasteiger partial charge in [-0.1, -0.05) is 0 Å². The molecular formula is C17H24N8O2S. The third kappa shape index (κ3) is 4.37. The van der Waals surface area contributed by atoms with Gasteiger partial charge in [0.2, 0.25) is 0 Å². The van der Waals surface area contributed by atoms with Crippen LogP contribution in [0.1, 0.15) is 31.3 Å². The van der Waals surface area contributed by atoms with E-state index in [4.69, 9.17) is 0 Å². The Balaban J connectivity index is 1.58. The second kappa shape index (κ2) is 8.07. The van der Waals surface area contributed by atoms with Crippen LogP contribution in [0.2, 0.25) is 0 Å². The molecule has 0 aromatic carbocycles. The van der Waals surface area contributed by atoms with Crippen molar-refractivity contribution in [3.05, 3.63) is 42.6 Å². The van der Waals surface area contributed by atoms with Gasteiger partial charge in [-0.3, -0.25) is 4.57 Å². The van der Waals surface area contributed by atoms with Gasteiger partial charge in [-0.25, -0.2) is 33.1 Å². The molecule has 0 atom stereocenters. The fraction of sp³-hybridized carbons (Fsp3) is 0.412. The van der Waals surface area contributed by atoms with Crippen molar-refractivity contribution in [3.8, 4) is 5.82 Å². The van der Waals surface area contributed by atoms with Crippen LogP contribution in [0.4, 0.5) is 5.82 Å². The Bertz CT molecular complexity index is 1050. The van der Waals surface area contributed by atoms with Gasteiger partial charge in [0.15, 0.2) is 5.03 Å². The number of rotatable bonds is 8. The third-order valence-corrected chi connectivity index (χ3v) is 5.67. The van der Waals surface area contributed by atoms with E-state index in [0.717, 1.165) is 11.4 Å². The van der Waals surface area contributed by atoms with Gasteiger partial charge in [-0.05, 0) is 27.7 Å². The predicted octanol–water partition coefficient (Wildman–Crippen LogP) is 1.45. The number of aryl methyl sites for hydroxylation is 1. The van der Waals surface area contributed by atoms with Crippen LogP contribution in [0.3, 0.4) is 0 Å². The fourth-order valence-corrected chi connectivity index (χ4v) is 3.46. The van der Waals surface area contributed by atoms with E-state index in [1.165, 1.54) is 18.9 Å². The van der Waals surface area contributed by atoms with Crippen molar-refractivity contribution in [1.82, 2.24) is 33.8 Å². The Morgan fingerprint density at radius 2 is 1.86 bits per heavy atom. The molecule has 0 saturated carbocycles. The Hall–Kier alpha value is -2.79. The molecule has 0 unspecified atom stereocenters. The number of imidazole rings is 2. The second-order valence-electron chi connectivity index (χ2n) is 6.62. The summed E-state index contributed by atoms with van der Waals surface area (Å²) in [6.45, 7) is 8.37. The summed E-state index contributed by atoms with van der Waals surface area (Å²) in [5, 5.41) is 3.10. The average Bonchev–Trinajstić information content (AvgIpc) is 3.28. The Kier molecular flexibility index (Phi) is 5.75. The Morgan fingerprint density at radius 3 is 2.50 bits per heavy atom. The summed E-state index contributed by atoms with van der Waals surface area (Å²) >= 11 is 0. The molecule has 3 aromatic heterocycles. The molecule has 0 spiro atoms. The minimum absolute atomic E-state index is 0.0106. The van der Waals surface area contributed by atoms with E-state index in [1.54, 1.807) is 17.0 Å². The molecule has 2 N–H and O–H groups in total. The first-order chi connectivity index (χ1) is 13.3. The SMILES string of the molecule is Cc1ncn(-c2cc(NCCNS(=O)(=O)c3cn(C(C)C)cn3)ncn2)c1C. The van der Waals surface area contributed by atoms with Crippen LogP contribution in [0.15, 0.2) is 36.3 Å². The number of aromatic nitrogens is 6. The molecule has 0 aliphatic heterocycles. The topological polar surface area (TPSA) is 120 Å². The number of anilines is 1. The molecule has 3 rings (SSSR count). The highest BCUT2D eigenvalue weighted by molar-refractivity contribution is 7.89. The summed E-state index contributed by atoms with van der Waals surface area (Å²) in [6.07, 6.45) is 6.20. The molecule has 11 heteroatoms. The van der Waals surface area contributed by atoms with E-state index in [1.807, 2.05) is 32.3 Å². The highest BCUT2D eigenvalue weighted by Gasteiger charge is 2.17. The lowest BCUT2D eigenvalue weighted by Gasteiger charge is -2.09. The molecule has 0 radical (unpaired) electrons. The normalized spacial score (nSPS) is 11.9. The molecule has 0 amide bonds. The molecular weight excluding hydrogens is 380 g/mol. The van der Waals surface area contributed by atoms with E-state index in [0.29, 0.717) is 18.2 Å². The van der Waals surface area contributed by atoms with Crippen molar-refractivity contribution >= 4 is 15.8 Å². The molecule has 28 heavy (non-hydrogen) atoms. The van der Waals surface area contributed by atoms with Crippen LogP contribution in [-0.4, -0.2) is 50.6 Å². The van der Waals surface area contributed by atoms with Gasteiger partial charge in [-0.15, -0.1) is 0 Å². The number of hydrogen-bond acceptors (Lipinski definition) is 7. The molecule has 10 nitrogen and oxygen atoms in total. The smallest absolute Gasteiger partial charge is 0.259 e. The maximum Gasteiger partial charge on any atom is 0.259 e. The summed E-state index contributed by atoms with van der Waals surface area (Å²) in [5.74, 6) is 1.29. The minimum atomic E-state index is -3.65. The lowest BCUT2D eigenvalue weighted by molar-refractivity contribution is 0.577. The first kappa shape index (κ1) is 20.0. The molecule has 3 heterocycles. The van der Waals surface area contributed by atoms with Crippen molar-refractivity contribution in [3.63, 3.8) is 0 Å². The average molecular weight is 405 g/mol. The lowest BCUT2D eigenvalue weighted by atomic mass is 10.4. The van der Waals surface area contributed by atoms with Crippen molar-refractivity contribution < 1.29 is 8.42 Å². The summed E-state index contributed by atoms with van der Waals surface area (Å²) in [5.41, 5.74) is 1.93. The maximum atomic E-state index is 12.3. The predicted molar refractivity (Wildman–Crippen MR) is 105 cm³/mol. The van der Waals surface area contributed by atoms with Gasteiger partial charge >= 0.3 is 0 Å². The van der Waals surface area contributed by atoms with Crippen LogP contribution in [-0.2, 0) is 10.0 Å². The quantitative estimate of drug-likeness (QED) is 0.545. The molecule has 0 aliphatic rings. The molecule has 0 bridgehead atoms. The first-order valence-corrected chi connectivity index (χ1v) is 10.4. The zero-order chi connectivity index (χ0) is 20.3. The number of sulfonamides is 1. The molecule has 0 fully saturated rings. The van der Waals surface area contributed by atoms with Crippen LogP contribution < -0.4 is 10.0 Å². The van der Waals surface area contributed by atoms with Crippen molar-refractivity contribution in [2.75, 3.05) is 18.4 Å². The molecule has 3 aromatic rings. The van der Waals surface area contributed by atoms with E-state index < -0.39 is 10.0 Å². The minimum Gasteiger partial charge on any atom is -0.369 e. The number of nitrogens with zero attached hydrogens (tertiary/aromatic N) is 6. The van der Waals surface area contributed by atoms with E-state index >= 15 is 0 Å². The van der Waals surface area contributed by atoms with Gasteiger partial charge in [0.05, 0.1) is 12.0 Å². The summed E-state index contributed by atoms with van der Waals surface area (Å²) in [7, 11) is -3.65. The third-order valence-electron chi connectivity index (χ3n) is 4.32. The Morgan fingerprint density at radius 1 is 1.07 bits per heavy atom. The highest BCUT2D eigenvalue weighted by Crippen LogP contribution is 2.14. The summed E-state index contributed by atoms with van der Waals surface area (Å²) in [4.78, 5) is 16.7. The zero-order valence-corrected chi connectivity index (χ0v) is 17.1. The van der Waals surface area contributed by atoms with Crippen molar-refractivity contribution in [2.45, 2.75) is 38.8 Å². The van der Waals surface area contributed by atoms with E-state index in [-0.39, 0.29) is 17.6 Å². The molecule has 150 valence electrons.